The number of anilines is 1. The van der Waals surface area contributed by atoms with Crippen LogP contribution in [0.15, 0.2) is 42.5 Å². The number of carbonyl (C=O) groups excluding carboxylic acids is 1. The molecule has 1 saturated heterocycles. The van der Waals surface area contributed by atoms with Gasteiger partial charge in [0.2, 0.25) is 6.79 Å². The van der Waals surface area contributed by atoms with E-state index in [9.17, 15) is 4.79 Å². The van der Waals surface area contributed by atoms with Crippen molar-refractivity contribution in [1.82, 2.24) is 4.98 Å². The van der Waals surface area contributed by atoms with Crippen molar-refractivity contribution in [1.29, 1.82) is 0 Å². The molecule has 2 aliphatic heterocycles. The average molecular weight is 411 g/mol. The van der Waals surface area contributed by atoms with Gasteiger partial charge in [-0.25, -0.2) is 4.98 Å². The monoisotopic (exact) mass is 410 g/mol. The molecule has 3 heterocycles. The van der Waals surface area contributed by atoms with Gasteiger partial charge in [-0.05, 0) is 44.0 Å². The van der Waals surface area contributed by atoms with Gasteiger partial charge in [0.15, 0.2) is 17.5 Å². The summed E-state index contributed by atoms with van der Waals surface area (Å²) in [4.78, 5) is 19.1. The molecule has 2 aromatic carbocycles. The molecule has 0 bridgehead atoms. The number of ether oxygens (including phenoxy) is 2. The number of hydrogen-bond acceptors (Lipinski definition) is 5. The number of carbonyl (C=O) groups is 1. The first-order chi connectivity index (χ1) is 14.2. The summed E-state index contributed by atoms with van der Waals surface area (Å²) < 4.78 is 12.0. The highest BCUT2D eigenvalue weighted by molar-refractivity contribution is 7.18. The lowest BCUT2D eigenvalue weighted by atomic mass is 9.97. The van der Waals surface area contributed by atoms with Crippen molar-refractivity contribution in [2.24, 2.45) is 0 Å². The Morgan fingerprint density at radius 1 is 1.24 bits per heavy atom. The number of para-hydroxylation sites is 1. The molecule has 1 aromatic heterocycles. The summed E-state index contributed by atoms with van der Waals surface area (Å²) in [6, 6.07) is 13.7. The fourth-order valence-corrected chi connectivity index (χ4v) is 5.28. The van der Waals surface area contributed by atoms with E-state index in [4.69, 9.17) is 14.5 Å². The van der Waals surface area contributed by atoms with Gasteiger partial charge < -0.3 is 19.7 Å². The van der Waals surface area contributed by atoms with Gasteiger partial charge in [0.05, 0.1) is 29.2 Å². The van der Waals surface area contributed by atoms with Gasteiger partial charge >= 0.3 is 0 Å². The zero-order chi connectivity index (χ0) is 19.8. The highest BCUT2D eigenvalue weighted by Crippen LogP contribution is 2.34. The quantitative estimate of drug-likeness (QED) is 0.694. The molecule has 3 atom stereocenters. The summed E-state index contributed by atoms with van der Waals surface area (Å²) in [7, 11) is 0. The molecule has 0 spiro atoms. The lowest BCUT2D eigenvalue weighted by molar-refractivity contribution is -0.920. The zero-order valence-electron chi connectivity index (χ0n) is 16.3. The molecule has 1 fully saturated rings. The van der Waals surface area contributed by atoms with Crippen molar-refractivity contribution in [3.05, 3.63) is 47.5 Å². The molecule has 0 aliphatic carbocycles. The van der Waals surface area contributed by atoms with Gasteiger partial charge in [0.25, 0.3) is 5.91 Å². The molecule has 2 N–H and O–H groups in total. The lowest BCUT2D eigenvalue weighted by Gasteiger charge is -2.32. The van der Waals surface area contributed by atoms with Crippen LogP contribution in [0.1, 0.15) is 30.7 Å². The first kappa shape index (κ1) is 18.4. The van der Waals surface area contributed by atoms with Crippen LogP contribution in [0.25, 0.3) is 10.2 Å². The number of thiazole rings is 1. The topological polar surface area (TPSA) is 64.9 Å². The fourth-order valence-electron chi connectivity index (χ4n) is 4.18. The Morgan fingerprint density at radius 3 is 3.00 bits per heavy atom. The van der Waals surface area contributed by atoms with Gasteiger partial charge in [0, 0.05) is 11.8 Å². The molecule has 0 radical (unpaired) electrons. The predicted octanol–water partition coefficient (Wildman–Crippen LogP) is 2.81. The third-order valence-electron chi connectivity index (χ3n) is 5.86. The predicted molar refractivity (Wildman–Crippen MR) is 113 cm³/mol. The third kappa shape index (κ3) is 3.68. The number of hydrogen-bond donors (Lipinski definition) is 2. The van der Waals surface area contributed by atoms with Crippen molar-refractivity contribution in [3.63, 3.8) is 0 Å². The van der Waals surface area contributed by atoms with E-state index in [0.29, 0.717) is 11.7 Å². The number of piperidine rings is 1. The zero-order valence-corrected chi connectivity index (χ0v) is 17.1. The highest BCUT2D eigenvalue weighted by atomic mass is 32.1. The Balaban J connectivity index is 1.26. The number of nitrogens with zero attached hydrogens (tertiary/aromatic N) is 1. The summed E-state index contributed by atoms with van der Waals surface area (Å²) in [5.74, 6) is 1.84. The molecule has 0 saturated carbocycles. The van der Waals surface area contributed by atoms with E-state index in [-0.39, 0.29) is 18.7 Å². The third-order valence-corrected chi connectivity index (χ3v) is 7.06. The van der Waals surface area contributed by atoms with Crippen LogP contribution in [0, 0.1) is 0 Å². The Bertz CT molecular complexity index is 1020. The van der Waals surface area contributed by atoms with Crippen LogP contribution in [0.2, 0.25) is 0 Å². The van der Waals surface area contributed by atoms with Gasteiger partial charge in [0.1, 0.15) is 5.01 Å². The van der Waals surface area contributed by atoms with Crippen LogP contribution in [-0.2, 0) is 4.79 Å². The Hall–Kier alpha value is -2.64. The summed E-state index contributed by atoms with van der Waals surface area (Å²) in [6.45, 7) is 4.19. The van der Waals surface area contributed by atoms with Gasteiger partial charge in [-0.15, -0.1) is 11.3 Å². The van der Waals surface area contributed by atoms with Gasteiger partial charge in [-0.1, -0.05) is 12.1 Å². The minimum Gasteiger partial charge on any atom is -0.454 e. The summed E-state index contributed by atoms with van der Waals surface area (Å²) in [5, 5.41) is 4.24. The number of quaternary nitrogens is 1. The first-order valence-corrected chi connectivity index (χ1v) is 10.9. The lowest BCUT2D eigenvalue weighted by Crippen LogP contribution is -3.17. The molecule has 1 amide bonds. The van der Waals surface area contributed by atoms with E-state index >= 15 is 0 Å². The second-order valence-corrected chi connectivity index (χ2v) is 8.81. The molecule has 150 valence electrons. The number of amides is 1. The normalized spacial score (nSPS) is 21.8. The van der Waals surface area contributed by atoms with Crippen LogP contribution < -0.4 is 19.7 Å². The van der Waals surface area contributed by atoms with Crippen LogP contribution in [0.5, 0.6) is 11.5 Å². The second kappa shape index (κ2) is 7.65. The van der Waals surface area contributed by atoms with E-state index in [0.717, 1.165) is 42.9 Å². The maximum Gasteiger partial charge on any atom is 0.282 e. The number of aromatic nitrogens is 1. The van der Waals surface area contributed by atoms with Crippen molar-refractivity contribution in [2.75, 3.05) is 25.2 Å². The van der Waals surface area contributed by atoms with Crippen LogP contribution in [0.3, 0.4) is 0 Å². The molecule has 3 aromatic rings. The van der Waals surface area contributed by atoms with Gasteiger partial charge in [-0.3, -0.25) is 4.79 Å². The molecular formula is C22H24N3O3S+. The number of rotatable bonds is 4. The van der Waals surface area contributed by atoms with E-state index in [1.54, 1.807) is 11.3 Å². The minimum atomic E-state index is -0.127. The smallest absolute Gasteiger partial charge is 0.282 e. The summed E-state index contributed by atoms with van der Waals surface area (Å²) in [6.07, 6.45) is 2.25. The minimum absolute atomic E-state index is 0.0313. The van der Waals surface area contributed by atoms with Crippen molar-refractivity contribution in [2.45, 2.75) is 31.7 Å². The van der Waals surface area contributed by atoms with E-state index in [2.05, 4.69) is 23.5 Å². The maximum atomic E-state index is 12.9. The number of nitrogens with one attached hydrogen (secondary N) is 2. The first-order valence-electron chi connectivity index (χ1n) is 10.1. The number of fused-ring (bicyclic) bond motifs is 2. The highest BCUT2D eigenvalue weighted by Gasteiger charge is 2.33. The summed E-state index contributed by atoms with van der Waals surface area (Å²) in [5.41, 5.74) is 1.82. The number of likely N-dealkylation sites (tertiary alicyclic amines) is 1. The Labute approximate surface area is 173 Å². The molecule has 1 unspecified atom stereocenters. The van der Waals surface area contributed by atoms with E-state index in [1.807, 2.05) is 31.2 Å². The van der Waals surface area contributed by atoms with Crippen LogP contribution in [-0.4, -0.2) is 36.8 Å². The van der Waals surface area contributed by atoms with E-state index in [1.165, 1.54) is 14.6 Å². The second-order valence-electron chi connectivity index (χ2n) is 7.75. The SMILES string of the molecule is C[C@@H](C(=O)Nc1ccc2c(c1)OCO2)[NH+]1CCC[C@H](c2nc3ccccc3s2)C1. The number of benzene rings is 2. The maximum absolute atomic E-state index is 12.9. The Kier molecular flexibility index (Phi) is 4.85. The van der Waals surface area contributed by atoms with Gasteiger partial charge in [-0.2, -0.15) is 0 Å². The van der Waals surface area contributed by atoms with Crippen molar-refractivity contribution < 1.29 is 19.2 Å². The largest absolute Gasteiger partial charge is 0.454 e. The summed E-state index contributed by atoms with van der Waals surface area (Å²) >= 11 is 1.79. The van der Waals surface area contributed by atoms with E-state index < -0.39 is 0 Å². The molecular weight excluding hydrogens is 386 g/mol. The molecule has 7 heteroatoms. The van der Waals surface area contributed by atoms with Crippen LogP contribution in [0.4, 0.5) is 5.69 Å². The molecule has 6 nitrogen and oxygen atoms in total. The molecule has 5 rings (SSSR count). The van der Waals surface area contributed by atoms with Crippen molar-refractivity contribution in [3.8, 4) is 11.5 Å². The van der Waals surface area contributed by atoms with Crippen molar-refractivity contribution >= 4 is 33.1 Å². The Morgan fingerprint density at radius 2 is 2.10 bits per heavy atom. The molecule has 2 aliphatic rings. The average Bonchev–Trinajstić information content (AvgIpc) is 3.39. The standard InChI is InChI=1S/C22H23N3O3S/c1-14(21(26)23-16-8-9-18-19(11-16)28-13-27-18)25-10-4-5-15(12-25)22-24-17-6-2-3-7-20(17)29-22/h2-3,6-9,11,14-15H,4-5,10,12-13H2,1H3,(H,23,26)/p+1/t14-,15-/m0/s1. The van der Waals surface area contributed by atoms with Crippen LogP contribution >= 0.6 is 11.3 Å². The fraction of sp³-hybridized carbons (Fsp3) is 0.364. The molecule has 29 heavy (non-hydrogen) atoms.